The second kappa shape index (κ2) is 7.08. The first-order chi connectivity index (χ1) is 13.3. The van der Waals surface area contributed by atoms with E-state index in [0.29, 0.717) is 18.8 Å². The smallest absolute Gasteiger partial charge is 0.280 e. The third-order valence-corrected chi connectivity index (χ3v) is 4.85. The van der Waals surface area contributed by atoms with Crippen molar-refractivity contribution in [3.05, 3.63) is 16.7 Å². The van der Waals surface area contributed by atoms with Gasteiger partial charge in [0.1, 0.15) is 11.7 Å². The number of aromatic nitrogens is 4. The lowest BCUT2D eigenvalue weighted by atomic mass is 9.94. The molecule has 2 fully saturated rings. The van der Waals surface area contributed by atoms with Crippen LogP contribution in [-0.4, -0.2) is 62.7 Å². The third-order valence-electron chi connectivity index (χ3n) is 4.85. The molecule has 11 heteroatoms. The largest absolute Gasteiger partial charge is 0.376 e. The normalized spacial score (nSPS) is 30.0. The molecule has 0 aliphatic carbocycles. The third kappa shape index (κ3) is 3.18. The first-order valence-electron chi connectivity index (χ1n) is 9.36. The summed E-state index contributed by atoms with van der Waals surface area (Å²) in [5, 5.41) is 0. The Morgan fingerprint density at radius 1 is 1.39 bits per heavy atom. The molecule has 0 radical (unpaired) electrons. The molecule has 28 heavy (non-hydrogen) atoms. The molecular formula is C17H26N6O5. The number of hydroxylamine groups is 1. The van der Waals surface area contributed by atoms with E-state index in [4.69, 9.17) is 24.8 Å². The predicted molar refractivity (Wildman–Crippen MR) is 99.4 cm³/mol. The number of rotatable bonds is 6. The van der Waals surface area contributed by atoms with Gasteiger partial charge in [-0.1, -0.05) is 0 Å². The highest BCUT2D eigenvalue weighted by Gasteiger charge is 2.61. The Morgan fingerprint density at radius 3 is 2.89 bits per heavy atom. The molecule has 2 bridgehead atoms. The Morgan fingerprint density at radius 2 is 2.18 bits per heavy atom. The van der Waals surface area contributed by atoms with Crippen LogP contribution < -0.4 is 16.8 Å². The minimum atomic E-state index is -0.758. The van der Waals surface area contributed by atoms with E-state index in [1.807, 2.05) is 27.7 Å². The number of anilines is 1. The van der Waals surface area contributed by atoms with Crippen LogP contribution in [0.3, 0.4) is 0 Å². The minimum absolute atomic E-state index is 0.00657. The zero-order valence-electron chi connectivity index (χ0n) is 16.3. The molecular weight excluding hydrogens is 368 g/mol. The van der Waals surface area contributed by atoms with Gasteiger partial charge in [-0.05, 0) is 27.7 Å². The van der Waals surface area contributed by atoms with Crippen molar-refractivity contribution in [3.63, 3.8) is 0 Å². The van der Waals surface area contributed by atoms with E-state index in [-0.39, 0.29) is 29.8 Å². The van der Waals surface area contributed by atoms with Gasteiger partial charge in [0.05, 0.1) is 31.7 Å². The van der Waals surface area contributed by atoms with Gasteiger partial charge in [0.2, 0.25) is 5.95 Å². The molecule has 11 nitrogen and oxygen atoms in total. The summed E-state index contributed by atoms with van der Waals surface area (Å²) in [6, 6.07) is 0. The van der Waals surface area contributed by atoms with Crippen molar-refractivity contribution in [2.45, 2.75) is 63.9 Å². The van der Waals surface area contributed by atoms with Crippen molar-refractivity contribution >= 4 is 17.1 Å². The number of nitrogen functional groups attached to an aromatic ring is 1. The lowest BCUT2D eigenvalue weighted by molar-refractivity contribution is -0.200. The molecule has 0 saturated carbocycles. The van der Waals surface area contributed by atoms with Crippen LogP contribution in [-0.2, 0) is 19.0 Å². The van der Waals surface area contributed by atoms with Gasteiger partial charge in [0.15, 0.2) is 23.5 Å². The summed E-state index contributed by atoms with van der Waals surface area (Å²) in [6.45, 7) is 8.58. The van der Waals surface area contributed by atoms with Crippen LogP contribution in [0.25, 0.3) is 11.2 Å². The fourth-order valence-electron chi connectivity index (χ4n) is 3.66. The Bertz CT molecular complexity index is 911. The van der Waals surface area contributed by atoms with Gasteiger partial charge in [-0.25, -0.2) is 4.98 Å². The second-order valence-electron chi connectivity index (χ2n) is 7.72. The Kier molecular flexibility index (Phi) is 4.88. The minimum Gasteiger partial charge on any atom is -0.376 e. The number of nitrogens with one attached hydrogen (secondary N) is 2. The molecule has 2 aliphatic heterocycles. The molecule has 4 atom stereocenters. The van der Waals surface area contributed by atoms with Gasteiger partial charge in [-0.2, -0.15) is 10.5 Å². The average molecular weight is 394 g/mol. The molecule has 4 rings (SSSR count). The Hall–Kier alpha value is -2.05. The molecule has 4 N–H and O–H groups in total. The Labute approximate surface area is 161 Å². The van der Waals surface area contributed by atoms with Crippen LogP contribution in [0, 0.1) is 0 Å². The summed E-state index contributed by atoms with van der Waals surface area (Å²) in [6.07, 6.45) is 0.0113. The summed E-state index contributed by atoms with van der Waals surface area (Å²) in [4.78, 5) is 28.8. The fourth-order valence-corrected chi connectivity index (χ4v) is 3.66. The fraction of sp³-hybridized carbons (Fsp3) is 0.706. The van der Waals surface area contributed by atoms with Crippen LogP contribution in [0.1, 0.15) is 33.9 Å². The first kappa shape index (κ1) is 19.3. The molecule has 2 aromatic rings. The average Bonchev–Trinajstić information content (AvgIpc) is 3.08. The second-order valence-corrected chi connectivity index (χ2v) is 7.72. The molecule has 1 unspecified atom stereocenters. The molecule has 4 heterocycles. The summed E-state index contributed by atoms with van der Waals surface area (Å²) in [7, 11) is 0. The quantitative estimate of drug-likeness (QED) is 0.622. The zero-order valence-corrected chi connectivity index (χ0v) is 16.3. The monoisotopic (exact) mass is 394 g/mol. The van der Waals surface area contributed by atoms with Crippen molar-refractivity contribution in [3.8, 4) is 0 Å². The number of imidazole rings is 1. The molecule has 2 aromatic heterocycles. The van der Waals surface area contributed by atoms with Crippen molar-refractivity contribution in [1.29, 1.82) is 0 Å². The van der Waals surface area contributed by atoms with Crippen LogP contribution >= 0.6 is 0 Å². The Balaban J connectivity index is 1.75. The van der Waals surface area contributed by atoms with Crippen molar-refractivity contribution in [2.24, 2.45) is 0 Å². The van der Waals surface area contributed by atoms with E-state index < -0.39 is 23.5 Å². The maximum Gasteiger partial charge on any atom is 0.280 e. The summed E-state index contributed by atoms with van der Waals surface area (Å²) < 4.78 is 20.2. The topological polar surface area (TPSA) is 139 Å². The predicted octanol–water partition coefficient (Wildman–Crippen LogP) is 0.0914. The number of fused-ring (bicyclic) bond motifs is 3. The van der Waals surface area contributed by atoms with Crippen molar-refractivity contribution in [1.82, 2.24) is 25.0 Å². The highest BCUT2D eigenvalue weighted by atomic mass is 16.7. The molecule has 0 aromatic carbocycles. The van der Waals surface area contributed by atoms with Crippen LogP contribution in [0.15, 0.2) is 11.1 Å². The lowest BCUT2D eigenvalue weighted by Gasteiger charge is -2.39. The number of ether oxygens (including phenoxy) is 3. The summed E-state index contributed by atoms with van der Waals surface area (Å²) in [5.41, 5.74) is 8.01. The first-order valence-corrected chi connectivity index (χ1v) is 9.36. The van der Waals surface area contributed by atoms with E-state index in [9.17, 15) is 4.79 Å². The highest BCUT2D eigenvalue weighted by molar-refractivity contribution is 5.70. The number of hydrogen-bond acceptors (Lipinski definition) is 9. The van der Waals surface area contributed by atoms with Crippen LogP contribution in [0.2, 0.25) is 0 Å². The van der Waals surface area contributed by atoms with Gasteiger partial charge in [-0.15, -0.1) is 0 Å². The van der Waals surface area contributed by atoms with Gasteiger partial charge >= 0.3 is 0 Å². The summed E-state index contributed by atoms with van der Waals surface area (Å²) >= 11 is 0. The lowest BCUT2D eigenvalue weighted by Crippen LogP contribution is -2.60. The van der Waals surface area contributed by atoms with E-state index >= 15 is 0 Å². The van der Waals surface area contributed by atoms with E-state index in [1.54, 1.807) is 4.57 Å². The molecule has 154 valence electrons. The van der Waals surface area contributed by atoms with Gasteiger partial charge in [0.25, 0.3) is 5.56 Å². The number of nitrogens with two attached hydrogens (primary N) is 1. The van der Waals surface area contributed by atoms with Gasteiger partial charge in [0, 0.05) is 0 Å². The maximum atomic E-state index is 12.1. The van der Waals surface area contributed by atoms with Crippen LogP contribution in [0.5, 0.6) is 0 Å². The molecule has 0 amide bonds. The van der Waals surface area contributed by atoms with Crippen LogP contribution in [0.4, 0.5) is 5.95 Å². The van der Waals surface area contributed by atoms with E-state index in [2.05, 4.69) is 20.4 Å². The highest BCUT2D eigenvalue weighted by Crippen LogP contribution is 2.44. The molecule has 2 aliphatic rings. The number of aromatic amines is 1. The zero-order chi connectivity index (χ0) is 20.1. The molecule has 2 saturated heterocycles. The van der Waals surface area contributed by atoms with Gasteiger partial charge in [-0.3, -0.25) is 19.2 Å². The number of nitrogens with zero attached hydrogens (tertiary/aromatic N) is 3. The van der Waals surface area contributed by atoms with Gasteiger partial charge < -0.3 is 19.9 Å². The SMILES string of the molecule is CC(C)OC[C@]12CNO[C@@H](C1OC(C)C)[C@H](n1cnc3c(=O)[nH]c(N)nc31)O2. The standard InChI is InChI=1S/C17H26N6O5/c1-8(2)25-6-17-5-20-28-11(12(17)26-9(3)4)15(27-17)23-7-19-10-13(23)21-16(18)22-14(10)24/h7-9,11-12,15,20H,5-6H2,1-4H3,(H3,18,21,22,24)/t11-,12?,15+,17+/m0/s1. The number of H-pyrrole nitrogens is 1. The maximum absolute atomic E-state index is 12.1. The molecule has 0 spiro atoms. The van der Waals surface area contributed by atoms with E-state index in [1.165, 1.54) is 6.33 Å². The number of hydrogen-bond donors (Lipinski definition) is 3. The summed E-state index contributed by atoms with van der Waals surface area (Å²) in [5.74, 6) is 0.00657. The van der Waals surface area contributed by atoms with E-state index in [0.717, 1.165) is 0 Å². The van der Waals surface area contributed by atoms with Crippen molar-refractivity contribution < 1.29 is 19.0 Å². The van der Waals surface area contributed by atoms with Crippen molar-refractivity contribution in [2.75, 3.05) is 18.9 Å².